The number of carbonyl (C=O) groups excluding carboxylic acids is 1. The largest absolute Gasteiger partial charge is 0.422 e. The van der Waals surface area contributed by atoms with Crippen molar-refractivity contribution < 1.29 is 13.9 Å². The van der Waals surface area contributed by atoms with Crippen molar-refractivity contribution in [2.45, 2.75) is 0 Å². The van der Waals surface area contributed by atoms with Gasteiger partial charge in [-0.2, -0.15) is 0 Å². The monoisotopic (exact) mass is 322 g/mol. The van der Waals surface area contributed by atoms with Crippen LogP contribution in [0.5, 0.6) is 5.75 Å². The molecule has 2 aromatic heterocycles. The van der Waals surface area contributed by atoms with Crippen LogP contribution in [0.15, 0.2) is 69.9 Å². The van der Waals surface area contributed by atoms with E-state index in [-0.39, 0.29) is 5.75 Å². The van der Waals surface area contributed by atoms with Gasteiger partial charge in [-0.1, -0.05) is 30.3 Å². The van der Waals surface area contributed by atoms with Crippen LogP contribution < -0.4 is 10.4 Å². The summed E-state index contributed by atoms with van der Waals surface area (Å²) in [6, 6.07) is 17.6. The molecule has 0 aliphatic heterocycles. The molecule has 0 aliphatic rings. The maximum Gasteiger partial charge on any atom is 0.353 e. The van der Waals surface area contributed by atoms with E-state index >= 15 is 0 Å². The molecule has 0 atom stereocenters. The first-order chi connectivity index (χ1) is 11.2. The molecule has 112 valence electrons. The lowest BCUT2D eigenvalue weighted by Crippen LogP contribution is -2.09. The molecule has 0 aliphatic carbocycles. The predicted octanol–water partition coefficient (Wildman–Crippen LogP) is 4.23. The first-order valence-electron chi connectivity index (χ1n) is 6.94. The summed E-state index contributed by atoms with van der Waals surface area (Å²) in [7, 11) is 0. The molecule has 2 aromatic carbocycles. The lowest BCUT2D eigenvalue weighted by molar-refractivity contribution is 0.0741. The van der Waals surface area contributed by atoms with Crippen LogP contribution in [0, 0.1) is 0 Å². The number of hydrogen-bond acceptors (Lipinski definition) is 5. The first kappa shape index (κ1) is 13.7. The average Bonchev–Trinajstić information content (AvgIpc) is 2.99. The molecule has 0 radical (unpaired) electrons. The van der Waals surface area contributed by atoms with Crippen LogP contribution in [0.25, 0.3) is 21.1 Å². The van der Waals surface area contributed by atoms with Crippen molar-refractivity contribution in [1.29, 1.82) is 0 Å². The Balaban J connectivity index is 1.75. The first-order valence-corrected chi connectivity index (χ1v) is 7.76. The van der Waals surface area contributed by atoms with Gasteiger partial charge in [0.2, 0.25) is 0 Å². The topological polar surface area (TPSA) is 56.5 Å². The van der Waals surface area contributed by atoms with Crippen LogP contribution in [-0.2, 0) is 0 Å². The molecular formula is C18H10O4S. The summed E-state index contributed by atoms with van der Waals surface area (Å²) in [6.45, 7) is 0. The molecule has 0 fully saturated rings. The van der Waals surface area contributed by atoms with Crippen molar-refractivity contribution >= 4 is 38.4 Å². The van der Waals surface area contributed by atoms with E-state index in [1.807, 2.05) is 24.3 Å². The van der Waals surface area contributed by atoms with E-state index in [1.54, 1.807) is 30.3 Å². The van der Waals surface area contributed by atoms with Gasteiger partial charge >= 0.3 is 11.6 Å². The van der Waals surface area contributed by atoms with Crippen molar-refractivity contribution in [3.8, 4) is 5.75 Å². The summed E-state index contributed by atoms with van der Waals surface area (Å²) in [5, 5.41) is 1.57. The minimum atomic E-state index is -0.553. The highest BCUT2D eigenvalue weighted by Gasteiger charge is 2.15. The molecule has 4 nitrogen and oxygen atoms in total. The molecule has 23 heavy (non-hydrogen) atoms. The Kier molecular flexibility index (Phi) is 3.20. The highest BCUT2D eigenvalue weighted by atomic mass is 32.1. The minimum Gasteiger partial charge on any atom is -0.422 e. The third kappa shape index (κ3) is 2.51. The van der Waals surface area contributed by atoms with Gasteiger partial charge < -0.3 is 9.15 Å². The fourth-order valence-electron chi connectivity index (χ4n) is 2.40. The Morgan fingerprint density at radius 3 is 2.65 bits per heavy atom. The van der Waals surface area contributed by atoms with Crippen LogP contribution in [0.1, 0.15) is 9.67 Å². The lowest BCUT2D eigenvalue weighted by Gasteiger charge is -2.05. The number of rotatable bonds is 2. The van der Waals surface area contributed by atoms with E-state index in [1.165, 1.54) is 17.4 Å². The van der Waals surface area contributed by atoms with Gasteiger partial charge in [-0.15, -0.1) is 11.3 Å². The third-order valence-corrected chi connectivity index (χ3v) is 4.54. The fraction of sp³-hybridized carbons (Fsp3) is 0. The summed E-state index contributed by atoms with van der Waals surface area (Å²) < 4.78 is 11.5. The molecule has 0 saturated heterocycles. The number of fused-ring (bicyclic) bond motifs is 2. The Bertz CT molecular complexity index is 1060. The summed E-state index contributed by atoms with van der Waals surface area (Å²) in [4.78, 5) is 24.5. The van der Waals surface area contributed by atoms with Crippen molar-refractivity contribution in [2.75, 3.05) is 0 Å². The normalized spacial score (nSPS) is 11.0. The molecule has 0 spiro atoms. The van der Waals surface area contributed by atoms with Crippen LogP contribution in [0.3, 0.4) is 0 Å². The second kappa shape index (κ2) is 5.37. The van der Waals surface area contributed by atoms with E-state index < -0.39 is 11.6 Å². The van der Waals surface area contributed by atoms with Gasteiger partial charge in [-0.3, -0.25) is 0 Å². The standard InChI is InChI=1S/C18H10O4S/c19-17-10-14(12-6-2-3-7-13(12)21-17)22-18(20)16-9-11-5-1-4-8-15(11)23-16/h1-10H. The molecule has 0 bridgehead atoms. The summed E-state index contributed by atoms with van der Waals surface area (Å²) in [6.07, 6.45) is 0. The highest BCUT2D eigenvalue weighted by molar-refractivity contribution is 7.20. The van der Waals surface area contributed by atoms with Gasteiger partial charge in [0.1, 0.15) is 16.2 Å². The van der Waals surface area contributed by atoms with E-state index in [2.05, 4.69) is 0 Å². The van der Waals surface area contributed by atoms with Gasteiger partial charge in [-0.25, -0.2) is 9.59 Å². The SMILES string of the molecule is O=C(Oc1cc(=O)oc2ccccc12)c1cc2ccccc2s1. The van der Waals surface area contributed by atoms with Gasteiger partial charge in [0.15, 0.2) is 0 Å². The number of esters is 1. The summed E-state index contributed by atoms with van der Waals surface area (Å²) in [5.41, 5.74) is -0.165. The fourth-order valence-corrected chi connectivity index (χ4v) is 3.34. The molecule has 2 heterocycles. The molecule has 4 rings (SSSR count). The maximum atomic E-state index is 12.4. The number of para-hydroxylation sites is 1. The van der Waals surface area contributed by atoms with E-state index in [4.69, 9.17) is 9.15 Å². The zero-order valence-electron chi connectivity index (χ0n) is 11.8. The van der Waals surface area contributed by atoms with Gasteiger partial charge in [-0.05, 0) is 29.7 Å². The Morgan fingerprint density at radius 2 is 1.78 bits per heavy atom. The molecule has 0 saturated carbocycles. The maximum absolute atomic E-state index is 12.4. The minimum absolute atomic E-state index is 0.208. The highest BCUT2D eigenvalue weighted by Crippen LogP contribution is 2.28. The van der Waals surface area contributed by atoms with Crippen molar-refractivity contribution in [1.82, 2.24) is 0 Å². The third-order valence-electron chi connectivity index (χ3n) is 3.44. The van der Waals surface area contributed by atoms with Crippen molar-refractivity contribution in [3.05, 3.63) is 76.0 Å². The zero-order chi connectivity index (χ0) is 15.8. The van der Waals surface area contributed by atoms with Crippen molar-refractivity contribution in [2.24, 2.45) is 0 Å². The number of hydrogen-bond donors (Lipinski definition) is 0. The van der Waals surface area contributed by atoms with Crippen LogP contribution >= 0.6 is 11.3 Å². The molecule has 0 amide bonds. The van der Waals surface area contributed by atoms with E-state index in [0.29, 0.717) is 15.8 Å². The molecular weight excluding hydrogens is 312 g/mol. The predicted molar refractivity (Wildman–Crippen MR) is 89.3 cm³/mol. The van der Waals surface area contributed by atoms with Gasteiger partial charge in [0.05, 0.1) is 11.5 Å². The number of benzene rings is 2. The summed E-state index contributed by atoms with van der Waals surface area (Å²) >= 11 is 1.36. The van der Waals surface area contributed by atoms with Crippen molar-refractivity contribution in [3.63, 3.8) is 0 Å². The number of thiophene rings is 1. The second-order valence-electron chi connectivity index (χ2n) is 4.96. The average molecular weight is 322 g/mol. The number of ether oxygens (including phenoxy) is 1. The quantitative estimate of drug-likeness (QED) is 0.409. The lowest BCUT2D eigenvalue weighted by atomic mass is 10.2. The van der Waals surface area contributed by atoms with Gasteiger partial charge in [0, 0.05) is 4.70 Å². The van der Waals surface area contributed by atoms with Crippen LogP contribution in [-0.4, -0.2) is 5.97 Å². The van der Waals surface area contributed by atoms with Crippen LogP contribution in [0.4, 0.5) is 0 Å². The molecule has 0 N–H and O–H groups in total. The zero-order valence-corrected chi connectivity index (χ0v) is 12.6. The second-order valence-corrected chi connectivity index (χ2v) is 6.05. The van der Waals surface area contributed by atoms with Crippen LogP contribution in [0.2, 0.25) is 0 Å². The van der Waals surface area contributed by atoms with Gasteiger partial charge in [0.25, 0.3) is 0 Å². The Morgan fingerprint density at radius 1 is 1.00 bits per heavy atom. The summed E-state index contributed by atoms with van der Waals surface area (Å²) in [5.74, 6) is -0.277. The molecule has 5 heteroatoms. The number of carbonyl (C=O) groups is 1. The molecule has 0 unspecified atom stereocenters. The van der Waals surface area contributed by atoms with E-state index in [9.17, 15) is 9.59 Å². The Labute approximate surface area is 134 Å². The smallest absolute Gasteiger partial charge is 0.353 e. The van der Waals surface area contributed by atoms with E-state index in [0.717, 1.165) is 10.1 Å². The Hall–Kier alpha value is -2.92. The molecule has 4 aromatic rings.